The van der Waals surface area contributed by atoms with E-state index < -0.39 is 0 Å². The Hall–Kier alpha value is -0.930. The molecule has 0 aliphatic carbocycles. The summed E-state index contributed by atoms with van der Waals surface area (Å²) in [5.74, 6) is 0.645. The van der Waals surface area contributed by atoms with Gasteiger partial charge in [0, 0.05) is 19.1 Å². The van der Waals surface area contributed by atoms with Crippen LogP contribution < -0.4 is 5.73 Å². The molecule has 2 atom stereocenters. The first-order valence-corrected chi connectivity index (χ1v) is 6.85. The molecule has 2 nitrogen and oxygen atoms in total. The van der Waals surface area contributed by atoms with Crippen LogP contribution in [0.4, 0.5) is 4.39 Å². The smallest absolute Gasteiger partial charge is 0.126 e. The molecule has 1 saturated heterocycles. The van der Waals surface area contributed by atoms with Gasteiger partial charge in [0.2, 0.25) is 0 Å². The second-order valence-electron chi connectivity index (χ2n) is 5.32. The fourth-order valence-electron chi connectivity index (χ4n) is 2.79. The van der Waals surface area contributed by atoms with E-state index in [1.165, 1.54) is 12.8 Å². The van der Waals surface area contributed by atoms with Gasteiger partial charge in [0.05, 0.1) is 0 Å². The van der Waals surface area contributed by atoms with Gasteiger partial charge in [0.1, 0.15) is 5.82 Å². The molecular weight excluding hydrogens is 227 g/mol. The van der Waals surface area contributed by atoms with Crippen LogP contribution in [0.3, 0.4) is 0 Å². The Morgan fingerprint density at radius 1 is 1.50 bits per heavy atom. The van der Waals surface area contributed by atoms with E-state index in [0.29, 0.717) is 12.1 Å². The fraction of sp³-hybridized carbons (Fsp3) is 0.600. The molecule has 0 bridgehead atoms. The highest BCUT2D eigenvalue weighted by atomic mass is 19.1. The average molecular weight is 250 g/mol. The molecule has 0 amide bonds. The molecule has 3 heteroatoms. The van der Waals surface area contributed by atoms with Gasteiger partial charge in [-0.1, -0.05) is 25.5 Å². The highest BCUT2D eigenvalue weighted by Crippen LogP contribution is 2.29. The van der Waals surface area contributed by atoms with Gasteiger partial charge in [-0.2, -0.15) is 0 Å². The van der Waals surface area contributed by atoms with Crippen LogP contribution in [0.2, 0.25) is 0 Å². The Kier molecular flexibility index (Phi) is 4.36. The molecule has 1 aromatic carbocycles. The maximum Gasteiger partial charge on any atom is 0.126 e. The molecule has 0 aromatic heterocycles. The van der Waals surface area contributed by atoms with Crippen molar-refractivity contribution < 1.29 is 4.39 Å². The first-order valence-electron chi connectivity index (χ1n) is 6.85. The predicted octanol–water partition coefficient (Wildman–Crippen LogP) is 2.87. The summed E-state index contributed by atoms with van der Waals surface area (Å²) < 4.78 is 13.6. The lowest BCUT2D eigenvalue weighted by Crippen LogP contribution is -2.32. The highest BCUT2D eigenvalue weighted by Gasteiger charge is 2.27. The summed E-state index contributed by atoms with van der Waals surface area (Å²) in [4.78, 5) is 2.40. The fourth-order valence-corrected chi connectivity index (χ4v) is 2.79. The minimum absolute atomic E-state index is 0.128. The number of hydrogen-bond donors (Lipinski definition) is 1. The first-order chi connectivity index (χ1) is 8.65. The number of nitrogens with zero attached hydrogens (tertiary/aromatic N) is 1. The van der Waals surface area contributed by atoms with Gasteiger partial charge in [-0.25, -0.2) is 4.39 Å². The molecule has 1 fully saturated rings. The zero-order valence-electron chi connectivity index (χ0n) is 11.3. The average Bonchev–Trinajstić information content (AvgIpc) is 2.83. The van der Waals surface area contributed by atoms with Gasteiger partial charge in [-0.3, -0.25) is 4.90 Å². The van der Waals surface area contributed by atoms with Gasteiger partial charge < -0.3 is 5.73 Å². The standard InChI is InChI=1S/C15H23FN2/c1-3-12-6-7-18(10-12)15(9-17)13-5-4-11(2)14(16)8-13/h4-5,8,12,15H,3,6-7,9-10,17H2,1-2H3. The van der Waals surface area contributed by atoms with Crippen molar-refractivity contribution in [2.75, 3.05) is 19.6 Å². The van der Waals surface area contributed by atoms with Crippen molar-refractivity contribution in [3.8, 4) is 0 Å². The summed E-state index contributed by atoms with van der Waals surface area (Å²) >= 11 is 0. The lowest BCUT2D eigenvalue weighted by molar-refractivity contribution is 0.240. The van der Waals surface area contributed by atoms with Crippen LogP contribution in [0, 0.1) is 18.7 Å². The molecule has 18 heavy (non-hydrogen) atoms. The summed E-state index contributed by atoms with van der Waals surface area (Å²) in [6.07, 6.45) is 2.46. The molecule has 0 spiro atoms. The van der Waals surface area contributed by atoms with E-state index in [2.05, 4.69) is 11.8 Å². The van der Waals surface area contributed by atoms with Crippen LogP contribution in [-0.4, -0.2) is 24.5 Å². The summed E-state index contributed by atoms with van der Waals surface area (Å²) in [7, 11) is 0. The molecule has 100 valence electrons. The number of rotatable bonds is 4. The number of halogens is 1. The van der Waals surface area contributed by atoms with Crippen molar-refractivity contribution in [3.63, 3.8) is 0 Å². The van der Waals surface area contributed by atoms with Crippen LogP contribution in [0.25, 0.3) is 0 Å². The minimum atomic E-state index is -0.128. The van der Waals surface area contributed by atoms with Crippen molar-refractivity contribution in [1.29, 1.82) is 0 Å². The van der Waals surface area contributed by atoms with E-state index in [1.54, 1.807) is 13.0 Å². The van der Waals surface area contributed by atoms with E-state index in [9.17, 15) is 4.39 Å². The summed E-state index contributed by atoms with van der Waals surface area (Å²) in [5.41, 5.74) is 7.60. The first kappa shape index (κ1) is 13.5. The lowest BCUT2D eigenvalue weighted by atomic mass is 10.0. The second-order valence-corrected chi connectivity index (χ2v) is 5.32. The number of nitrogens with two attached hydrogens (primary N) is 1. The van der Waals surface area contributed by atoms with Gasteiger partial charge in [0.15, 0.2) is 0 Å². The largest absolute Gasteiger partial charge is 0.329 e. The van der Waals surface area contributed by atoms with Gasteiger partial charge in [-0.15, -0.1) is 0 Å². The molecule has 1 heterocycles. The third-order valence-electron chi connectivity index (χ3n) is 4.14. The van der Waals surface area contributed by atoms with Crippen molar-refractivity contribution in [2.45, 2.75) is 32.7 Å². The van der Waals surface area contributed by atoms with Crippen molar-refractivity contribution >= 4 is 0 Å². The Balaban J connectivity index is 2.15. The minimum Gasteiger partial charge on any atom is -0.329 e. The van der Waals surface area contributed by atoms with Gasteiger partial charge >= 0.3 is 0 Å². The summed E-state index contributed by atoms with van der Waals surface area (Å²) in [6, 6.07) is 5.67. The third-order valence-corrected chi connectivity index (χ3v) is 4.14. The topological polar surface area (TPSA) is 29.3 Å². The van der Waals surface area contributed by atoms with E-state index in [-0.39, 0.29) is 11.9 Å². The monoisotopic (exact) mass is 250 g/mol. The molecule has 1 aromatic rings. The molecule has 0 radical (unpaired) electrons. The van der Waals surface area contributed by atoms with Crippen LogP contribution in [0.1, 0.15) is 36.9 Å². The normalized spacial score (nSPS) is 22.3. The lowest BCUT2D eigenvalue weighted by Gasteiger charge is -2.27. The van der Waals surface area contributed by atoms with E-state index in [0.717, 1.165) is 24.6 Å². The summed E-state index contributed by atoms with van der Waals surface area (Å²) in [5, 5.41) is 0. The number of aryl methyl sites for hydroxylation is 1. The van der Waals surface area contributed by atoms with Crippen molar-refractivity contribution in [3.05, 3.63) is 35.1 Å². The number of likely N-dealkylation sites (tertiary alicyclic amines) is 1. The molecule has 2 N–H and O–H groups in total. The Bertz CT molecular complexity index is 405. The van der Waals surface area contributed by atoms with Crippen LogP contribution >= 0.6 is 0 Å². The third kappa shape index (κ3) is 2.73. The molecule has 2 rings (SSSR count). The van der Waals surface area contributed by atoms with E-state index in [4.69, 9.17) is 5.73 Å². The quantitative estimate of drug-likeness (QED) is 0.890. The molecular formula is C15H23FN2. The summed E-state index contributed by atoms with van der Waals surface area (Å²) in [6.45, 7) is 6.75. The van der Waals surface area contributed by atoms with Crippen molar-refractivity contribution in [2.24, 2.45) is 11.7 Å². The van der Waals surface area contributed by atoms with Gasteiger partial charge in [-0.05, 0) is 43.0 Å². The zero-order valence-corrected chi connectivity index (χ0v) is 11.3. The maximum absolute atomic E-state index is 13.6. The van der Waals surface area contributed by atoms with E-state index in [1.807, 2.05) is 12.1 Å². The Morgan fingerprint density at radius 3 is 2.83 bits per heavy atom. The van der Waals surface area contributed by atoms with Crippen LogP contribution in [0.5, 0.6) is 0 Å². The molecule has 1 aliphatic heterocycles. The Labute approximate surface area is 109 Å². The molecule has 1 aliphatic rings. The number of benzene rings is 1. The van der Waals surface area contributed by atoms with Crippen molar-refractivity contribution in [1.82, 2.24) is 4.90 Å². The molecule has 2 unspecified atom stereocenters. The van der Waals surface area contributed by atoms with Crippen LogP contribution in [0.15, 0.2) is 18.2 Å². The van der Waals surface area contributed by atoms with E-state index >= 15 is 0 Å². The number of hydrogen-bond acceptors (Lipinski definition) is 2. The molecule has 0 saturated carbocycles. The van der Waals surface area contributed by atoms with Crippen LogP contribution in [-0.2, 0) is 0 Å². The zero-order chi connectivity index (χ0) is 13.1. The SMILES string of the molecule is CCC1CCN(C(CN)c2ccc(C)c(F)c2)C1. The Morgan fingerprint density at radius 2 is 2.28 bits per heavy atom. The predicted molar refractivity (Wildman–Crippen MR) is 72.9 cm³/mol. The highest BCUT2D eigenvalue weighted by molar-refractivity contribution is 5.26. The van der Waals surface area contributed by atoms with Gasteiger partial charge in [0.25, 0.3) is 0 Å². The second kappa shape index (κ2) is 5.81. The maximum atomic E-state index is 13.6.